The van der Waals surface area contributed by atoms with Gasteiger partial charge in [-0.2, -0.15) is 0 Å². The third-order valence-corrected chi connectivity index (χ3v) is 24.7. The van der Waals surface area contributed by atoms with E-state index >= 15 is 0 Å². The first-order valence-electron chi connectivity index (χ1n) is 46.8. The summed E-state index contributed by atoms with van der Waals surface area (Å²) in [5.41, 5.74) is 18.9. The van der Waals surface area contributed by atoms with Gasteiger partial charge in [0.1, 0.15) is 29.1 Å². The Morgan fingerprint density at radius 1 is 0.346 bits per heavy atom. The van der Waals surface area contributed by atoms with Crippen molar-refractivity contribution in [3.63, 3.8) is 0 Å². The molecule has 0 atom stereocenters. The Hall–Kier alpha value is -12.9. The van der Waals surface area contributed by atoms with Crippen molar-refractivity contribution in [3.8, 4) is 57.8 Å². The molecule has 676 valence electrons. The van der Waals surface area contributed by atoms with Crippen molar-refractivity contribution in [1.82, 2.24) is 0 Å². The quantitative estimate of drug-likeness (QED) is 0.00912. The van der Waals surface area contributed by atoms with Crippen LogP contribution in [0.15, 0.2) is 263 Å². The van der Waals surface area contributed by atoms with Gasteiger partial charge in [0.25, 0.3) is 0 Å². The van der Waals surface area contributed by atoms with E-state index in [1.54, 1.807) is 61.5 Å². The van der Waals surface area contributed by atoms with E-state index in [0.29, 0.717) is 64.7 Å². The molecule has 3 saturated carbocycles. The first-order valence-corrected chi connectivity index (χ1v) is 46.8. The Morgan fingerprint density at radius 3 is 1.23 bits per heavy atom. The molecule has 4 aliphatic rings. The first kappa shape index (κ1) is 99.3. The zero-order valence-electron chi connectivity index (χ0n) is 76.6. The Balaban J connectivity index is 0.000000187. The molecule has 0 bridgehead atoms. The molecule has 0 heterocycles. The van der Waals surface area contributed by atoms with Gasteiger partial charge in [0, 0.05) is 52.6 Å². The molecule has 3 fully saturated rings. The van der Waals surface area contributed by atoms with E-state index in [-0.39, 0.29) is 12.1 Å². The number of benzene rings is 9. The van der Waals surface area contributed by atoms with Crippen molar-refractivity contribution in [3.05, 3.63) is 347 Å². The molecule has 0 aliphatic heterocycles. The average molecular weight is 1750 g/mol. The SMILES string of the molecule is C=CC(=O)OC1CCC(c2ccc(C#Cc3ccc4c(c3)Cc3cc(CCC)ccc3-4)cc2)CC1.C=CC(=O)OCCCCCCc1ccc(C(=O)Oc2ccc(OC(=O)c3ccc(CCCCCCOC(=O)C=C)cc3)c(C)c2)cc1.C=CC(=O)Oc1ccc(C#Cc2ccc(CCC)cc2)cc1.C=CC(=O)Oc1ccc(C2CCC(C3CCC(CCC)CC3)CC2)cc1. The van der Waals surface area contributed by atoms with Crippen LogP contribution in [0.25, 0.3) is 11.1 Å². The van der Waals surface area contributed by atoms with Crippen LogP contribution in [-0.2, 0) is 70.3 Å². The molecule has 130 heavy (non-hydrogen) atoms. The largest absolute Gasteiger partial charge is 0.463 e. The third kappa shape index (κ3) is 33.0. The molecule has 14 heteroatoms. The number of hydrogen-bond acceptors (Lipinski definition) is 14. The molecule has 0 radical (unpaired) electrons. The number of fused-ring (bicyclic) bond motifs is 3. The minimum atomic E-state index is -0.469. The summed E-state index contributed by atoms with van der Waals surface area (Å²) in [6.45, 7) is 26.4. The van der Waals surface area contributed by atoms with Crippen LogP contribution >= 0.6 is 0 Å². The molecule has 9 aromatic carbocycles. The van der Waals surface area contributed by atoms with Crippen molar-refractivity contribution in [2.45, 2.75) is 232 Å². The molecule has 0 aromatic heterocycles. The van der Waals surface area contributed by atoms with Gasteiger partial charge in [0.2, 0.25) is 0 Å². The van der Waals surface area contributed by atoms with Crippen molar-refractivity contribution in [2.24, 2.45) is 17.8 Å². The minimum absolute atomic E-state index is 0.0281. The number of carbonyl (C=O) groups is 7. The predicted molar refractivity (Wildman–Crippen MR) is 519 cm³/mol. The fourth-order valence-electron chi connectivity index (χ4n) is 17.5. The highest BCUT2D eigenvalue weighted by atomic mass is 16.6. The summed E-state index contributed by atoms with van der Waals surface area (Å²) in [5, 5.41) is 0. The molecule has 0 saturated heterocycles. The van der Waals surface area contributed by atoms with Crippen molar-refractivity contribution >= 4 is 41.8 Å². The monoisotopic (exact) mass is 1740 g/mol. The second-order valence-electron chi connectivity index (χ2n) is 34.2. The maximum atomic E-state index is 12.8. The van der Waals surface area contributed by atoms with Crippen LogP contribution in [0.2, 0.25) is 0 Å². The number of aryl methyl sites for hydroxylation is 5. The Bertz CT molecular complexity index is 5350. The maximum absolute atomic E-state index is 12.8. The van der Waals surface area contributed by atoms with Crippen LogP contribution < -0.4 is 18.9 Å². The highest BCUT2D eigenvalue weighted by Crippen LogP contribution is 2.45. The van der Waals surface area contributed by atoms with Crippen molar-refractivity contribution in [2.75, 3.05) is 13.2 Å². The third-order valence-electron chi connectivity index (χ3n) is 24.7. The average Bonchev–Trinajstić information content (AvgIpc) is 1.63. The van der Waals surface area contributed by atoms with E-state index in [2.05, 4.69) is 162 Å². The second kappa shape index (κ2) is 53.8. The van der Waals surface area contributed by atoms with Gasteiger partial charge in [0.05, 0.1) is 24.3 Å². The van der Waals surface area contributed by atoms with Gasteiger partial charge in [-0.15, -0.1) is 0 Å². The highest BCUT2D eigenvalue weighted by molar-refractivity contribution is 5.92. The number of hydrogen-bond donors (Lipinski definition) is 0. The second-order valence-corrected chi connectivity index (χ2v) is 34.2. The molecule has 0 spiro atoms. The van der Waals surface area contributed by atoms with Crippen LogP contribution in [0.5, 0.6) is 23.0 Å². The van der Waals surface area contributed by atoms with Gasteiger partial charge >= 0.3 is 41.8 Å². The van der Waals surface area contributed by atoms with Gasteiger partial charge in [-0.05, 0) is 335 Å². The Kier molecular flexibility index (Phi) is 41.1. The molecule has 0 N–H and O–H groups in total. The lowest BCUT2D eigenvalue weighted by Gasteiger charge is -2.38. The summed E-state index contributed by atoms with van der Waals surface area (Å²) in [4.78, 5) is 81.4. The summed E-state index contributed by atoms with van der Waals surface area (Å²) >= 11 is 0. The summed E-state index contributed by atoms with van der Waals surface area (Å²) in [6.07, 6.45) is 38.9. The topological polar surface area (TPSA) is 184 Å². The lowest BCUT2D eigenvalue weighted by atomic mass is 9.68. The molecule has 0 amide bonds. The molecule has 9 aromatic rings. The fourth-order valence-corrected chi connectivity index (χ4v) is 17.5. The number of rotatable bonds is 35. The van der Waals surface area contributed by atoms with Gasteiger partial charge < -0.3 is 33.2 Å². The van der Waals surface area contributed by atoms with Gasteiger partial charge in [-0.1, -0.05) is 226 Å². The van der Waals surface area contributed by atoms with Gasteiger partial charge in [-0.3, -0.25) is 0 Å². The van der Waals surface area contributed by atoms with E-state index in [1.807, 2.05) is 60.7 Å². The molecular weight excluding hydrogens is 1620 g/mol. The number of unbranched alkanes of at least 4 members (excludes halogenated alkanes) is 6. The summed E-state index contributed by atoms with van der Waals surface area (Å²) < 4.78 is 36.7. The predicted octanol–water partition coefficient (Wildman–Crippen LogP) is 26.3. The van der Waals surface area contributed by atoms with Gasteiger partial charge in [-0.25, -0.2) is 33.6 Å². The first-order chi connectivity index (χ1) is 63.3. The summed E-state index contributed by atoms with van der Waals surface area (Å²) in [5.74, 6) is 16.0. The van der Waals surface area contributed by atoms with Crippen molar-refractivity contribution < 1.29 is 66.7 Å². The molecule has 4 aliphatic carbocycles. The van der Waals surface area contributed by atoms with E-state index in [0.717, 1.165) is 173 Å². The maximum Gasteiger partial charge on any atom is 0.343 e. The number of esters is 7. The number of carbonyl (C=O) groups excluding carboxylic acids is 7. The molecule has 14 nitrogen and oxygen atoms in total. The van der Waals surface area contributed by atoms with E-state index in [1.165, 1.54) is 139 Å². The Morgan fingerprint density at radius 2 is 0.738 bits per heavy atom. The smallest absolute Gasteiger partial charge is 0.343 e. The fraction of sp³-hybridized carbons (Fsp3) is 0.353. The van der Waals surface area contributed by atoms with Crippen molar-refractivity contribution in [1.29, 1.82) is 0 Å². The Labute approximate surface area is 771 Å². The van der Waals surface area contributed by atoms with Crippen LogP contribution in [0, 0.1) is 48.4 Å². The van der Waals surface area contributed by atoms with E-state index in [9.17, 15) is 33.6 Å². The molecule has 13 rings (SSSR count). The lowest BCUT2D eigenvalue weighted by molar-refractivity contribution is -0.144. The molecular formula is C116H128O14. The zero-order chi connectivity index (χ0) is 92.2. The number of ether oxygens (including phenoxy) is 7. The van der Waals surface area contributed by atoms with Crippen LogP contribution in [0.3, 0.4) is 0 Å². The summed E-state index contributed by atoms with van der Waals surface area (Å²) in [6, 6.07) is 65.4. The minimum Gasteiger partial charge on any atom is -0.463 e. The summed E-state index contributed by atoms with van der Waals surface area (Å²) in [7, 11) is 0. The van der Waals surface area contributed by atoms with Gasteiger partial charge in [0.15, 0.2) is 0 Å². The van der Waals surface area contributed by atoms with Crippen LogP contribution in [0.4, 0.5) is 0 Å². The van der Waals surface area contributed by atoms with E-state index in [4.69, 9.17) is 33.2 Å². The standard InChI is InChI=1S/C39H44O8.C33H32O2.C24H34O2.C20H18O2/c1-4-36(40)44-26-12-8-6-10-14-30-16-20-32(21-17-30)38(42)46-34-24-25-35(29(3)28-34)47-39(43)33-22-18-31(19-23-33)15-11-7-9-13-27-45-37(41)5-2;1-3-5-24-10-18-31-28(20-24)22-29-21-25(11-19-32(29)31)7-6-23-8-12-26(13-9-23)27-14-16-30(17-15-27)35-33(34)4-2;1-3-5-18-6-8-19(9-7-18)20-10-12-21(13-11-20)22-14-16-23(17-15-22)26-24(25)4-2;1-3-5-16-6-8-17(9-7-16)10-11-18-12-14-19(15-13-18)22-20(21)4-2/h4-5,16-25,28H,1-2,6-15,26-27H2,3H3;4,8-13,18-21,27,30H,2-3,5,14-17,22H2,1H3;4,14-21H,2-3,5-13H2,1H3;4,6-9,12-15H,2-3,5H2,1H3. The lowest BCUT2D eigenvalue weighted by Crippen LogP contribution is -2.25. The van der Waals surface area contributed by atoms with E-state index < -0.39 is 35.8 Å². The highest BCUT2D eigenvalue weighted by Gasteiger charge is 2.32. The molecule has 0 unspecified atom stereocenters. The normalized spacial score (nSPS) is 16.1. The van der Waals surface area contributed by atoms with Crippen LogP contribution in [-0.4, -0.2) is 61.1 Å². The van der Waals surface area contributed by atoms with Crippen LogP contribution in [0.1, 0.15) is 280 Å². The zero-order valence-corrected chi connectivity index (χ0v) is 76.6.